The van der Waals surface area contributed by atoms with Crippen LogP contribution in [0.5, 0.6) is 0 Å². The van der Waals surface area contributed by atoms with Crippen LogP contribution in [0.3, 0.4) is 0 Å². The molecule has 0 atom stereocenters. The van der Waals surface area contributed by atoms with Crippen LogP contribution in [0.4, 0.5) is 5.82 Å². The van der Waals surface area contributed by atoms with E-state index in [1.165, 1.54) is 30.5 Å². The van der Waals surface area contributed by atoms with Gasteiger partial charge in [-0.3, -0.25) is 4.72 Å². The summed E-state index contributed by atoms with van der Waals surface area (Å²) in [5.41, 5.74) is 1.36. The Morgan fingerprint density at radius 2 is 1.84 bits per heavy atom. The van der Waals surface area contributed by atoms with Crippen LogP contribution < -0.4 is 4.72 Å². The van der Waals surface area contributed by atoms with E-state index >= 15 is 0 Å². The first-order valence-electron chi connectivity index (χ1n) is 5.47. The van der Waals surface area contributed by atoms with Crippen molar-refractivity contribution in [2.24, 2.45) is 0 Å². The number of rotatable bonds is 3. The van der Waals surface area contributed by atoms with Crippen molar-refractivity contribution in [1.82, 2.24) is 4.98 Å². The molecule has 1 N–H and O–H groups in total. The second-order valence-corrected chi connectivity index (χ2v) is 5.64. The van der Waals surface area contributed by atoms with Crippen molar-refractivity contribution in [1.29, 1.82) is 5.26 Å². The van der Waals surface area contributed by atoms with E-state index < -0.39 is 10.0 Å². The fourth-order valence-corrected chi connectivity index (χ4v) is 2.44. The molecule has 0 fully saturated rings. The number of aromatic nitrogens is 1. The third kappa shape index (κ3) is 3.09. The van der Waals surface area contributed by atoms with E-state index in [0.717, 1.165) is 5.56 Å². The molecule has 96 valence electrons. The summed E-state index contributed by atoms with van der Waals surface area (Å²) in [5, 5.41) is 8.64. The summed E-state index contributed by atoms with van der Waals surface area (Å²) in [6.07, 6.45) is 1.31. The third-order valence-corrected chi connectivity index (χ3v) is 3.83. The summed E-state index contributed by atoms with van der Waals surface area (Å²) in [6.45, 7) is 1.88. The molecule has 0 spiro atoms. The molecule has 1 aromatic carbocycles. The normalized spacial score (nSPS) is 10.7. The Morgan fingerprint density at radius 1 is 1.16 bits per heavy atom. The predicted octanol–water partition coefficient (Wildman–Crippen LogP) is 2.06. The van der Waals surface area contributed by atoms with Crippen LogP contribution in [-0.4, -0.2) is 13.4 Å². The Morgan fingerprint density at radius 3 is 2.37 bits per heavy atom. The first-order chi connectivity index (χ1) is 9.01. The maximum Gasteiger partial charge on any atom is 0.263 e. The third-order valence-electron chi connectivity index (χ3n) is 2.46. The van der Waals surface area contributed by atoms with Gasteiger partial charge in [0.25, 0.3) is 10.0 Å². The topological polar surface area (TPSA) is 82.9 Å². The summed E-state index contributed by atoms with van der Waals surface area (Å²) < 4.78 is 26.5. The van der Waals surface area contributed by atoms with Crippen LogP contribution in [0.1, 0.15) is 11.1 Å². The van der Waals surface area contributed by atoms with Gasteiger partial charge >= 0.3 is 0 Å². The monoisotopic (exact) mass is 273 g/mol. The quantitative estimate of drug-likeness (QED) is 0.927. The second-order valence-electron chi connectivity index (χ2n) is 3.96. The summed E-state index contributed by atoms with van der Waals surface area (Å²) in [6, 6.07) is 11.4. The van der Waals surface area contributed by atoms with E-state index in [1.54, 1.807) is 12.1 Å². The van der Waals surface area contributed by atoms with E-state index in [-0.39, 0.29) is 10.7 Å². The molecular weight excluding hydrogens is 262 g/mol. The van der Waals surface area contributed by atoms with E-state index in [9.17, 15) is 8.42 Å². The lowest BCUT2D eigenvalue weighted by Gasteiger charge is -2.07. The molecule has 0 aliphatic heterocycles. The number of benzene rings is 1. The molecule has 0 radical (unpaired) electrons. The fourth-order valence-electron chi connectivity index (χ4n) is 1.43. The highest BCUT2D eigenvalue weighted by molar-refractivity contribution is 7.92. The smallest absolute Gasteiger partial charge is 0.263 e. The standard InChI is InChI=1S/C13H11N3O2S/c1-10-2-5-12(6-3-10)19(17,18)16-13-7-4-11(8-14)9-15-13/h2-7,9H,1H3,(H,15,16). The number of hydrogen-bond acceptors (Lipinski definition) is 4. The average molecular weight is 273 g/mol. The molecule has 19 heavy (non-hydrogen) atoms. The van der Waals surface area contributed by atoms with Crippen LogP contribution in [0, 0.1) is 18.3 Å². The highest BCUT2D eigenvalue weighted by atomic mass is 32.2. The zero-order chi connectivity index (χ0) is 13.9. The molecule has 0 saturated carbocycles. The van der Waals surface area contributed by atoms with Gasteiger partial charge in [0.2, 0.25) is 0 Å². The number of pyridine rings is 1. The van der Waals surface area contributed by atoms with E-state index in [1.807, 2.05) is 13.0 Å². The average Bonchev–Trinajstić information content (AvgIpc) is 2.40. The van der Waals surface area contributed by atoms with Crippen LogP contribution >= 0.6 is 0 Å². The van der Waals surface area contributed by atoms with E-state index in [2.05, 4.69) is 9.71 Å². The SMILES string of the molecule is Cc1ccc(S(=O)(=O)Nc2ccc(C#N)cn2)cc1. The summed E-state index contributed by atoms with van der Waals surface area (Å²) in [7, 11) is -3.65. The van der Waals surface area contributed by atoms with E-state index in [4.69, 9.17) is 5.26 Å². The highest BCUT2D eigenvalue weighted by Gasteiger charge is 2.14. The zero-order valence-corrected chi connectivity index (χ0v) is 11.0. The highest BCUT2D eigenvalue weighted by Crippen LogP contribution is 2.15. The molecule has 0 aliphatic rings. The minimum Gasteiger partial charge on any atom is -0.263 e. The maximum absolute atomic E-state index is 12.1. The van der Waals surface area contributed by atoms with Gasteiger partial charge in [-0.1, -0.05) is 17.7 Å². The Balaban J connectivity index is 2.26. The van der Waals surface area contributed by atoms with Crippen molar-refractivity contribution in [3.05, 3.63) is 53.7 Å². The first kappa shape index (κ1) is 13.1. The van der Waals surface area contributed by atoms with Gasteiger partial charge in [0.05, 0.1) is 10.5 Å². The van der Waals surface area contributed by atoms with Gasteiger partial charge in [-0.15, -0.1) is 0 Å². The largest absolute Gasteiger partial charge is 0.263 e. The van der Waals surface area contributed by atoms with Crippen LogP contribution in [0.15, 0.2) is 47.5 Å². The first-order valence-corrected chi connectivity index (χ1v) is 6.95. The minimum atomic E-state index is -3.65. The van der Waals surface area contributed by atoms with Crippen LogP contribution in [0.2, 0.25) is 0 Å². The molecule has 2 aromatic rings. The maximum atomic E-state index is 12.1. The molecule has 0 unspecified atom stereocenters. The van der Waals surface area contributed by atoms with Gasteiger partial charge in [-0.05, 0) is 31.2 Å². The number of anilines is 1. The summed E-state index contributed by atoms with van der Waals surface area (Å²) in [5.74, 6) is 0.180. The van der Waals surface area contributed by atoms with Gasteiger partial charge < -0.3 is 0 Å². The number of nitrogens with one attached hydrogen (secondary N) is 1. The van der Waals surface area contributed by atoms with Gasteiger partial charge in [-0.2, -0.15) is 5.26 Å². The van der Waals surface area contributed by atoms with Crippen LogP contribution in [-0.2, 0) is 10.0 Å². The molecule has 1 heterocycles. The van der Waals surface area contributed by atoms with Crippen LogP contribution in [0.25, 0.3) is 0 Å². The van der Waals surface area contributed by atoms with E-state index in [0.29, 0.717) is 5.56 Å². The summed E-state index contributed by atoms with van der Waals surface area (Å²) in [4.78, 5) is 4.04. The van der Waals surface area contributed by atoms with Gasteiger partial charge in [-0.25, -0.2) is 13.4 Å². The van der Waals surface area contributed by atoms with Crippen molar-refractivity contribution in [3.8, 4) is 6.07 Å². The predicted molar refractivity (Wildman–Crippen MR) is 70.9 cm³/mol. The molecule has 2 rings (SSSR count). The minimum absolute atomic E-state index is 0.171. The fraction of sp³-hybridized carbons (Fsp3) is 0.0769. The molecule has 0 amide bonds. The van der Waals surface area contributed by atoms with Crippen molar-refractivity contribution in [2.75, 3.05) is 4.72 Å². The number of hydrogen-bond donors (Lipinski definition) is 1. The molecular formula is C13H11N3O2S. The Labute approximate surface area is 111 Å². The van der Waals surface area contributed by atoms with Gasteiger partial charge in [0.15, 0.2) is 0 Å². The van der Waals surface area contributed by atoms with Crippen molar-refractivity contribution >= 4 is 15.8 Å². The Hall–Kier alpha value is -2.39. The molecule has 0 saturated heterocycles. The van der Waals surface area contributed by atoms with Gasteiger partial charge in [0.1, 0.15) is 11.9 Å². The number of sulfonamides is 1. The molecule has 0 aliphatic carbocycles. The number of aryl methyl sites for hydroxylation is 1. The van der Waals surface area contributed by atoms with Gasteiger partial charge in [0, 0.05) is 6.20 Å². The summed E-state index contributed by atoms with van der Waals surface area (Å²) >= 11 is 0. The van der Waals surface area contributed by atoms with Crippen molar-refractivity contribution < 1.29 is 8.42 Å². The lowest BCUT2D eigenvalue weighted by molar-refractivity contribution is 0.601. The Kier molecular flexibility index (Phi) is 3.49. The zero-order valence-electron chi connectivity index (χ0n) is 10.2. The van der Waals surface area contributed by atoms with Crippen molar-refractivity contribution in [2.45, 2.75) is 11.8 Å². The number of nitrogens with zero attached hydrogens (tertiary/aromatic N) is 2. The number of nitriles is 1. The lowest BCUT2D eigenvalue weighted by Crippen LogP contribution is -2.13. The molecule has 6 heteroatoms. The molecule has 1 aromatic heterocycles. The van der Waals surface area contributed by atoms with Crippen molar-refractivity contribution in [3.63, 3.8) is 0 Å². The second kappa shape index (κ2) is 5.08. The molecule has 5 nitrogen and oxygen atoms in total. The Bertz CT molecular complexity index is 714. The lowest BCUT2D eigenvalue weighted by atomic mass is 10.2. The molecule has 0 bridgehead atoms.